The fourth-order valence-electron chi connectivity index (χ4n) is 2.40. The van der Waals surface area contributed by atoms with Crippen molar-refractivity contribution in [1.29, 1.82) is 0 Å². The van der Waals surface area contributed by atoms with Crippen molar-refractivity contribution < 1.29 is 14.3 Å². The first-order valence-corrected chi connectivity index (χ1v) is 7.71. The molecular weight excluding hydrogens is 256 g/mol. The zero-order valence-electron chi connectivity index (χ0n) is 13.3. The van der Waals surface area contributed by atoms with Gasteiger partial charge in [-0.25, -0.2) is 4.79 Å². The lowest BCUT2D eigenvalue weighted by Gasteiger charge is -2.30. The zero-order chi connectivity index (χ0) is 15.0. The predicted octanol–water partition coefficient (Wildman–Crippen LogP) is 2.45. The molecule has 1 saturated carbocycles. The van der Waals surface area contributed by atoms with Gasteiger partial charge in [-0.15, -0.1) is 0 Å². The van der Waals surface area contributed by atoms with Crippen molar-refractivity contribution in [2.45, 2.75) is 71.1 Å². The van der Waals surface area contributed by atoms with Crippen LogP contribution >= 0.6 is 0 Å². The summed E-state index contributed by atoms with van der Waals surface area (Å²) in [5.41, 5.74) is -0.428. The van der Waals surface area contributed by atoms with Gasteiger partial charge in [0.05, 0.1) is 6.61 Å². The molecule has 5 heteroatoms. The molecule has 0 atom stereocenters. The highest BCUT2D eigenvalue weighted by molar-refractivity contribution is 5.68. The van der Waals surface area contributed by atoms with Crippen LogP contribution in [-0.4, -0.2) is 43.5 Å². The normalized spacial score (nSPS) is 23.4. The van der Waals surface area contributed by atoms with E-state index >= 15 is 0 Å². The monoisotopic (exact) mass is 286 g/mol. The lowest BCUT2D eigenvalue weighted by Crippen LogP contribution is -2.44. The van der Waals surface area contributed by atoms with E-state index in [4.69, 9.17) is 9.47 Å². The van der Waals surface area contributed by atoms with Crippen molar-refractivity contribution in [2.24, 2.45) is 0 Å². The van der Waals surface area contributed by atoms with Crippen molar-refractivity contribution in [2.75, 3.05) is 19.8 Å². The van der Waals surface area contributed by atoms with Gasteiger partial charge in [0.2, 0.25) is 0 Å². The molecule has 0 radical (unpaired) electrons. The number of hydrogen-bond donors (Lipinski definition) is 2. The number of carbonyl (C=O) groups excluding carboxylic acids is 1. The molecule has 0 aromatic heterocycles. The minimum Gasteiger partial charge on any atom is -0.444 e. The summed E-state index contributed by atoms with van der Waals surface area (Å²) in [5.74, 6) is 0. The first-order valence-electron chi connectivity index (χ1n) is 7.71. The largest absolute Gasteiger partial charge is 0.444 e. The molecule has 0 aromatic carbocycles. The summed E-state index contributed by atoms with van der Waals surface area (Å²) in [5, 5.41) is 6.46. The Balaban J connectivity index is 2.14. The summed E-state index contributed by atoms with van der Waals surface area (Å²) in [6, 6.07) is 0.793. The second-order valence-electron chi connectivity index (χ2n) is 6.35. The third-order valence-electron chi connectivity index (χ3n) is 3.33. The van der Waals surface area contributed by atoms with E-state index in [-0.39, 0.29) is 12.1 Å². The summed E-state index contributed by atoms with van der Waals surface area (Å²) >= 11 is 0. The SMILES string of the molecule is CCOCCNC1CCC(NC(=O)OC(C)(C)C)CC1. The molecule has 20 heavy (non-hydrogen) atoms. The fraction of sp³-hybridized carbons (Fsp3) is 0.933. The van der Waals surface area contributed by atoms with Crippen LogP contribution < -0.4 is 10.6 Å². The number of carbonyl (C=O) groups is 1. The predicted molar refractivity (Wildman–Crippen MR) is 79.9 cm³/mol. The van der Waals surface area contributed by atoms with Crippen LogP contribution in [0.1, 0.15) is 53.4 Å². The van der Waals surface area contributed by atoms with Crippen LogP contribution in [-0.2, 0) is 9.47 Å². The number of hydrogen-bond acceptors (Lipinski definition) is 4. The van der Waals surface area contributed by atoms with E-state index in [1.807, 2.05) is 27.7 Å². The number of nitrogens with one attached hydrogen (secondary N) is 2. The smallest absolute Gasteiger partial charge is 0.407 e. The van der Waals surface area contributed by atoms with Gasteiger partial charge in [0.25, 0.3) is 0 Å². The molecule has 0 heterocycles. The first-order chi connectivity index (χ1) is 9.40. The van der Waals surface area contributed by atoms with E-state index in [0.29, 0.717) is 6.04 Å². The average Bonchev–Trinajstić information content (AvgIpc) is 2.34. The Bertz CT molecular complexity index is 281. The van der Waals surface area contributed by atoms with Crippen LogP contribution in [0.4, 0.5) is 4.79 Å². The van der Waals surface area contributed by atoms with E-state index in [9.17, 15) is 4.79 Å². The molecule has 0 bridgehead atoms. The van der Waals surface area contributed by atoms with E-state index in [0.717, 1.165) is 45.4 Å². The Morgan fingerprint density at radius 1 is 1.15 bits per heavy atom. The molecule has 2 N–H and O–H groups in total. The van der Waals surface area contributed by atoms with Crippen LogP contribution in [0.2, 0.25) is 0 Å². The molecular formula is C15H30N2O3. The molecule has 118 valence electrons. The maximum atomic E-state index is 11.7. The topological polar surface area (TPSA) is 59.6 Å². The van der Waals surface area contributed by atoms with Crippen molar-refractivity contribution in [3.63, 3.8) is 0 Å². The summed E-state index contributed by atoms with van der Waals surface area (Å²) in [6.07, 6.45) is 3.89. The molecule has 0 unspecified atom stereocenters. The number of rotatable bonds is 6. The van der Waals surface area contributed by atoms with Crippen LogP contribution in [0.5, 0.6) is 0 Å². The zero-order valence-corrected chi connectivity index (χ0v) is 13.3. The van der Waals surface area contributed by atoms with Gasteiger partial charge in [-0.05, 0) is 53.4 Å². The van der Waals surface area contributed by atoms with Crippen molar-refractivity contribution in [1.82, 2.24) is 10.6 Å². The number of alkyl carbamates (subject to hydrolysis) is 1. The molecule has 1 aliphatic rings. The maximum absolute atomic E-state index is 11.7. The fourth-order valence-corrected chi connectivity index (χ4v) is 2.40. The lowest BCUT2D eigenvalue weighted by molar-refractivity contribution is 0.0489. The van der Waals surface area contributed by atoms with E-state index in [1.54, 1.807) is 0 Å². The average molecular weight is 286 g/mol. The van der Waals surface area contributed by atoms with E-state index < -0.39 is 5.60 Å². The Morgan fingerprint density at radius 3 is 2.30 bits per heavy atom. The Labute approximate surface area is 122 Å². The van der Waals surface area contributed by atoms with Crippen molar-refractivity contribution in [3.8, 4) is 0 Å². The van der Waals surface area contributed by atoms with Gasteiger partial charge in [-0.1, -0.05) is 0 Å². The molecule has 0 spiro atoms. The molecule has 1 fully saturated rings. The van der Waals surface area contributed by atoms with Crippen molar-refractivity contribution in [3.05, 3.63) is 0 Å². The van der Waals surface area contributed by atoms with Crippen LogP contribution in [0, 0.1) is 0 Å². The van der Waals surface area contributed by atoms with Gasteiger partial charge in [-0.2, -0.15) is 0 Å². The van der Waals surface area contributed by atoms with E-state index in [1.165, 1.54) is 0 Å². The Morgan fingerprint density at radius 2 is 1.75 bits per heavy atom. The first kappa shape index (κ1) is 17.2. The standard InChI is InChI=1S/C15H30N2O3/c1-5-19-11-10-16-12-6-8-13(9-7-12)17-14(18)20-15(2,3)4/h12-13,16H,5-11H2,1-4H3,(H,17,18). The van der Waals surface area contributed by atoms with Crippen LogP contribution in [0.3, 0.4) is 0 Å². The quantitative estimate of drug-likeness (QED) is 0.736. The highest BCUT2D eigenvalue weighted by Gasteiger charge is 2.24. The van der Waals surface area contributed by atoms with Gasteiger partial charge in [0.15, 0.2) is 0 Å². The van der Waals surface area contributed by atoms with Crippen molar-refractivity contribution >= 4 is 6.09 Å². The molecule has 0 saturated heterocycles. The highest BCUT2D eigenvalue weighted by atomic mass is 16.6. The highest BCUT2D eigenvalue weighted by Crippen LogP contribution is 2.19. The molecule has 0 aliphatic heterocycles. The minimum absolute atomic E-state index is 0.245. The van der Waals surface area contributed by atoms with E-state index in [2.05, 4.69) is 10.6 Å². The molecule has 1 rings (SSSR count). The molecule has 5 nitrogen and oxygen atoms in total. The Hall–Kier alpha value is -0.810. The molecule has 1 amide bonds. The third kappa shape index (κ3) is 7.70. The van der Waals surface area contributed by atoms with Crippen LogP contribution in [0.25, 0.3) is 0 Å². The van der Waals surface area contributed by atoms with Gasteiger partial charge >= 0.3 is 6.09 Å². The second kappa shape index (κ2) is 8.47. The van der Waals surface area contributed by atoms with Gasteiger partial charge in [0, 0.05) is 25.2 Å². The molecule has 1 aliphatic carbocycles. The summed E-state index contributed by atoms with van der Waals surface area (Å²) in [7, 11) is 0. The lowest BCUT2D eigenvalue weighted by atomic mass is 9.91. The summed E-state index contributed by atoms with van der Waals surface area (Å²) in [6.45, 7) is 10.1. The molecule has 0 aromatic rings. The third-order valence-corrected chi connectivity index (χ3v) is 3.33. The van der Waals surface area contributed by atoms with Gasteiger partial charge in [0.1, 0.15) is 5.60 Å². The summed E-state index contributed by atoms with van der Waals surface area (Å²) < 4.78 is 10.6. The van der Waals surface area contributed by atoms with Gasteiger partial charge < -0.3 is 20.1 Å². The minimum atomic E-state index is -0.428. The summed E-state index contributed by atoms with van der Waals surface area (Å²) in [4.78, 5) is 11.7. The van der Waals surface area contributed by atoms with Crippen LogP contribution in [0.15, 0.2) is 0 Å². The second-order valence-corrected chi connectivity index (χ2v) is 6.35. The Kier molecular flexibility index (Phi) is 7.30. The number of ether oxygens (including phenoxy) is 2. The number of amides is 1. The van der Waals surface area contributed by atoms with Gasteiger partial charge in [-0.3, -0.25) is 0 Å². The maximum Gasteiger partial charge on any atom is 0.407 e.